The number of rotatable bonds is 7. The van der Waals surface area contributed by atoms with E-state index in [9.17, 15) is 18.4 Å². The van der Waals surface area contributed by atoms with E-state index in [0.29, 0.717) is 16.8 Å². The molecule has 0 aliphatic carbocycles. The van der Waals surface area contributed by atoms with Crippen molar-refractivity contribution >= 4 is 11.8 Å². The van der Waals surface area contributed by atoms with Gasteiger partial charge in [-0.3, -0.25) is 14.3 Å². The van der Waals surface area contributed by atoms with Gasteiger partial charge in [0.05, 0.1) is 24.7 Å². The van der Waals surface area contributed by atoms with Gasteiger partial charge in [0, 0.05) is 19.7 Å². The van der Waals surface area contributed by atoms with Crippen LogP contribution in [0.3, 0.4) is 0 Å². The normalized spacial score (nSPS) is 18.6. The number of hydrogen-bond acceptors (Lipinski definition) is 4. The smallest absolute Gasteiger partial charge is 0.243 e. The van der Waals surface area contributed by atoms with Gasteiger partial charge in [-0.25, -0.2) is 8.78 Å². The van der Waals surface area contributed by atoms with E-state index in [1.54, 1.807) is 25.4 Å². The molecule has 1 aromatic heterocycles. The zero-order chi connectivity index (χ0) is 25.1. The fourth-order valence-electron chi connectivity index (χ4n) is 4.48. The molecule has 1 saturated heterocycles. The molecule has 1 aliphatic rings. The number of amides is 2. The van der Waals surface area contributed by atoms with Crippen molar-refractivity contribution in [2.45, 2.75) is 50.9 Å². The number of aryl methyl sites for hydroxylation is 1. The van der Waals surface area contributed by atoms with Gasteiger partial charge < -0.3 is 10.2 Å². The SMILES string of the molecule is CC(C)c1ccc([C@@H](NC(=O)[C@@H]2C[C@@H](F)CN2C(=O)Cc2cn(C)nn2)c2ccccc2)cc1F. The van der Waals surface area contributed by atoms with Crippen LogP contribution in [0.1, 0.15) is 54.6 Å². The lowest BCUT2D eigenvalue weighted by Gasteiger charge is -2.27. The number of carbonyl (C=O) groups excluding carboxylic acids is 2. The van der Waals surface area contributed by atoms with E-state index in [2.05, 4.69) is 15.6 Å². The zero-order valence-corrected chi connectivity index (χ0v) is 20.0. The summed E-state index contributed by atoms with van der Waals surface area (Å²) < 4.78 is 30.7. The van der Waals surface area contributed by atoms with Gasteiger partial charge in [0.1, 0.15) is 18.0 Å². The Hall–Kier alpha value is -3.62. The number of likely N-dealkylation sites (tertiary alicyclic amines) is 1. The third-order valence-electron chi connectivity index (χ3n) is 6.25. The highest BCUT2D eigenvalue weighted by atomic mass is 19.1. The van der Waals surface area contributed by atoms with Crippen LogP contribution in [0.25, 0.3) is 0 Å². The number of nitrogens with zero attached hydrogens (tertiary/aromatic N) is 4. The van der Waals surface area contributed by atoms with Crippen LogP contribution in [0, 0.1) is 5.82 Å². The first-order valence-electron chi connectivity index (χ1n) is 11.7. The maximum absolute atomic E-state index is 14.8. The van der Waals surface area contributed by atoms with Crippen LogP contribution < -0.4 is 5.32 Å². The number of alkyl halides is 1. The van der Waals surface area contributed by atoms with Gasteiger partial charge in [0.2, 0.25) is 11.8 Å². The first-order valence-corrected chi connectivity index (χ1v) is 11.7. The van der Waals surface area contributed by atoms with E-state index in [-0.39, 0.29) is 31.1 Å². The number of carbonyl (C=O) groups is 2. The Morgan fingerprint density at radius 1 is 1.14 bits per heavy atom. The molecular weight excluding hydrogens is 452 g/mol. The summed E-state index contributed by atoms with van der Waals surface area (Å²) in [4.78, 5) is 27.6. The lowest BCUT2D eigenvalue weighted by Crippen LogP contribution is -2.47. The minimum atomic E-state index is -1.31. The van der Waals surface area contributed by atoms with Crippen LogP contribution in [0.2, 0.25) is 0 Å². The summed E-state index contributed by atoms with van der Waals surface area (Å²) in [5, 5.41) is 10.7. The Kier molecular flexibility index (Phi) is 7.23. The van der Waals surface area contributed by atoms with Crippen LogP contribution in [0.15, 0.2) is 54.7 Å². The Labute approximate surface area is 203 Å². The molecule has 1 fully saturated rings. The average molecular weight is 482 g/mol. The van der Waals surface area contributed by atoms with Crippen molar-refractivity contribution in [3.8, 4) is 0 Å². The third-order valence-corrected chi connectivity index (χ3v) is 6.25. The lowest BCUT2D eigenvalue weighted by molar-refractivity contribution is -0.138. The average Bonchev–Trinajstić information content (AvgIpc) is 3.42. The molecule has 3 atom stereocenters. The standard InChI is InChI=1S/C26H29F2N5O2/c1-16(2)21-10-9-18(11-22(21)28)25(17-7-5-4-6-8-17)29-26(35)23-12-19(27)14-33(23)24(34)13-20-15-32(3)31-30-20/h4-11,15-16,19,23,25H,12-14H2,1-3H3,(H,29,35)/t19-,23+,25+/m1/s1. The van der Waals surface area contributed by atoms with E-state index in [4.69, 9.17) is 0 Å². The molecule has 3 aromatic rings. The van der Waals surface area contributed by atoms with Gasteiger partial charge in [0.25, 0.3) is 0 Å². The molecule has 0 bridgehead atoms. The van der Waals surface area contributed by atoms with Crippen LogP contribution >= 0.6 is 0 Å². The van der Waals surface area contributed by atoms with Crippen LogP contribution in [-0.2, 0) is 23.1 Å². The Bertz CT molecular complexity index is 1200. The molecular formula is C26H29F2N5O2. The van der Waals surface area contributed by atoms with Crippen molar-refractivity contribution in [2.75, 3.05) is 6.54 Å². The zero-order valence-electron chi connectivity index (χ0n) is 20.0. The van der Waals surface area contributed by atoms with Crippen molar-refractivity contribution in [3.05, 3.63) is 82.9 Å². The van der Waals surface area contributed by atoms with Crippen molar-refractivity contribution in [2.24, 2.45) is 7.05 Å². The van der Waals surface area contributed by atoms with Crippen molar-refractivity contribution in [3.63, 3.8) is 0 Å². The van der Waals surface area contributed by atoms with E-state index in [0.717, 1.165) is 5.56 Å². The van der Waals surface area contributed by atoms with E-state index < -0.39 is 30.1 Å². The predicted octanol–water partition coefficient (Wildman–Crippen LogP) is 3.46. The minimum Gasteiger partial charge on any atom is -0.343 e. The molecule has 2 heterocycles. The summed E-state index contributed by atoms with van der Waals surface area (Å²) in [6.45, 7) is 3.66. The lowest BCUT2D eigenvalue weighted by atomic mass is 9.94. The first kappa shape index (κ1) is 24.5. The molecule has 7 nitrogen and oxygen atoms in total. The summed E-state index contributed by atoms with van der Waals surface area (Å²) in [5.41, 5.74) is 2.36. The molecule has 2 aromatic carbocycles. The van der Waals surface area contributed by atoms with E-state index >= 15 is 0 Å². The fraction of sp³-hybridized carbons (Fsp3) is 0.385. The number of benzene rings is 2. The van der Waals surface area contributed by atoms with Crippen LogP contribution in [0.5, 0.6) is 0 Å². The molecule has 0 spiro atoms. The molecule has 35 heavy (non-hydrogen) atoms. The van der Waals surface area contributed by atoms with Crippen molar-refractivity contribution in [1.29, 1.82) is 0 Å². The predicted molar refractivity (Wildman–Crippen MR) is 127 cm³/mol. The highest BCUT2D eigenvalue weighted by Gasteiger charge is 2.40. The second-order valence-corrected chi connectivity index (χ2v) is 9.24. The van der Waals surface area contributed by atoms with E-state index in [1.807, 2.05) is 44.2 Å². The monoisotopic (exact) mass is 481 g/mol. The largest absolute Gasteiger partial charge is 0.343 e. The molecule has 1 aliphatic heterocycles. The maximum Gasteiger partial charge on any atom is 0.243 e. The summed E-state index contributed by atoms with van der Waals surface area (Å²) in [7, 11) is 1.69. The number of halogens is 2. The summed E-state index contributed by atoms with van der Waals surface area (Å²) in [5.74, 6) is -1.21. The van der Waals surface area contributed by atoms with Gasteiger partial charge in [-0.05, 0) is 28.7 Å². The summed E-state index contributed by atoms with van der Waals surface area (Å²) >= 11 is 0. The minimum absolute atomic E-state index is 0.0164. The highest BCUT2D eigenvalue weighted by Crippen LogP contribution is 2.28. The Morgan fingerprint density at radius 3 is 2.51 bits per heavy atom. The molecule has 0 radical (unpaired) electrons. The van der Waals surface area contributed by atoms with Gasteiger partial charge in [-0.2, -0.15) is 0 Å². The quantitative estimate of drug-likeness (QED) is 0.561. The molecule has 9 heteroatoms. The number of hydrogen-bond donors (Lipinski definition) is 1. The van der Waals surface area contributed by atoms with Crippen molar-refractivity contribution < 1.29 is 18.4 Å². The molecule has 0 saturated carbocycles. The maximum atomic E-state index is 14.8. The third kappa shape index (κ3) is 5.55. The molecule has 2 amide bonds. The summed E-state index contributed by atoms with van der Waals surface area (Å²) in [6, 6.07) is 12.5. The Balaban J connectivity index is 1.58. The Morgan fingerprint density at radius 2 is 1.89 bits per heavy atom. The first-order chi connectivity index (χ1) is 16.7. The number of aromatic nitrogens is 3. The van der Waals surface area contributed by atoms with Gasteiger partial charge >= 0.3 is 0 Å². The second-order valence-electron chi connectivity index (χ2n) is 9.24. The molecule has 4 rings (SSSR count). The molecule has 184 valence electrons. The topological polar surface area (TPSA) is 80.1 Å². The van der Waals surface area contributed by atoms with E-state index in [1.165, 1.54) is 15.6 Å². The van der Waals surface area contributed by atoms with Crippen molar-refractivity contribution in [1.82, 2.24) is 25.2 Å². The molecule has 1 N–H and O–H groups in total. The summed E-state index contributed by atoms with van der Waals surface area (Å²) in [6.07, 6.45) is 0.125. The highest BCUT2D eigenvalue weighted by molar-refractivity contribution is 5.89. The van der Waals surface area contributed by atoms with Gasteiger partial charge in [-0.1, -0.05) is 61.5 Å². The van der Waals surface area contributed by atoms with Crippen LogP contribution in [-0.4, -0.2) is 50.5 Å². The van der Waals surface area contributed by atoms with Crippen LogP contribution in [0.4, 0.5) is 8.78 Å². The fourth-order valence-corrected chi connectivity index (χ4v) is 4.48. The molecule has 0 unspecified atom stereocenters. The second kappa shape index (κ2) is 10.3. The number of nitrogens with one attached hydrogen (secondary N) is 1. The van der Waals surface area contributed by atoms with Gasteiger partial charge in [-0.15, -0.1) is 5.10 Å². The van der Waals surface area contributed by atoms with Gasteiger partial charge in [0.15, 0.2) is 0 Å².